The fraction of sp³-hybridized carbons (Fsp3) is 0.457. The Morgan fingerprint density at radius 3 is 2.29 bits per heavy atom. The normalized spacial score (nSPS) is 21.2. The van der Waals surface area contributed by atoms with Crippen LogP contribution in [0.15, 0.2) is 77.7 Å². The highest BCUT2D eigenvalue weighted by Crippen LogP contribution is 2.39. The van der Waals surface area contributed by atoms with E-state index in [-0.39, 0.29) is 42.4 Å². The molecule has 5 rings (SSSR count). The highest BCUT2D eigenvalue weighted by Gasteiger charge is 2.36. The molecular weight excluding hydrogens is 593 g/mol. The first-order valence-corrected chi connectivity index (χ1v) is 17.1. The molecule has 0 saturated heterocycles. The first kappa shape index (κ1) is 33.1. The molecule has 0 aromatic heterocycles. The Bertz CT molecular complexity index is 1520. The van der Waals surface area contributed by atoms with Crippen molar-refractivity contribution >= 4 is 15.9 Å². The van der Waals surface area contributed by atoms with Crippen molar-refractivity contribution < 1.29 is 27.1 Å². The van der Waals surface area contributed by atoms with E-state index >= 15 is 0 Å². The second-order valence-electron chi connectivity index (χ2n) is 12.4. The SMILES string of the molecule is COc1ccc(S(=O)(=O)N2Cc3ccccc3CC2COCC(=O)NCC2CCC(C(c3ccc(F)cc3)N(C)C)CC2)cc1. The van der Waals surface area contributed by atoms with E-state index < -0.39 is 16.1 Å². The Balaban J connectivity index is 1.12. The standard InChI is InChI=1S/C35H44FN3O5S/c1-38(2)35(27-12-14-30(36)15-13-27)26-10-8-25(9-11-26)21-37-34(40)24-44-23-31-20-28-6-4-5-7-29(28)22-39(31)45(41,42)33-18-16-32(43-3)17-19-33/h4-7,12-19,25-26,31,35H,8-11,20-24H2,1-3H3,(H,37,40). The fourth-order valence-corrected chi connectivity index (χ4v) is 8.41. The van der Waals surface area contributed by atoms with Gasteiger partial charge < -0.3 is 19.7 Å². The van der Waals surface area contributed by atoms with Crippen LogP contribution >= 0.6 is 0 Å². The van der Waals surface area contributed by atoms with Crippen LogP contribution in [0.5, 0.6) is 5.75 Å². The van der Waals surface area contributed by atoms with Crippen LogP contribution in [0.4, 0.5) is 4.39 Å². The Hall–Kier alpha value is -3.31. The molecule has 0 bridgehead atoms. The summed E-state index contributed by atoms with van der Waals surface area (Å²) in [4.78, 5) is 15.1. The van der Waals surface area contributed by atoms with E-state index in [0.717, 1.165) is 42.4 Å². The lowest BCUT2D eigenvalue weighted by atomic mass is 9.76. The number of hydrogen-bond acceptors (Lipinski definition) is 6. The zero-order chi connectivity index (χ0) is 32.0. The maximum Gasteiger partial charge on any atom is 0.246 e. The van der Waals surface area contributed by atoms with Gasteiger partial charge in [-0.05, 0) is 111 Å². The molecule has 10 heteroatoms. The predicted octanol–water partition coefficient (Wildman–Crippen LogP) is 5.19. The van der Waals surface area contributed by atoms with E-state index in [1.54, 1.807) is 24.3 Å². The molecule has 2 aliphatic rings. The molecule has 1 fully saturated rings. The van der Waals surface area contributed by atoms with Gasteiger partial charge in [0.2, 0.25) is 15.9 Å². The maximum atomic E-state index is 13.7. The number of hydrogen-bond donors (Lipinski definition) is 1. The maximum absolute atomic E-state index is 13.7. The molecule has 242 valence electrons. The molecule has 0 spiro atoms. The van der Waals surface area contributed by atoms with E-state index in [0.29, 0.717) is 30.6 Å². The monoisotopic (exact) mass is 637 g/mol. The Morgan fingerprint density at radius 2 is 1.64 bits per heavy atom. The van der Waals surface area contributed by atoms with Gasteiger partial charge in [0.1, 0.15) is 18.2 Å². The van der Waals surface area contributed by atoms with Gasteiger partial charge in [-0.15, -0.1) is 0 Å². The summed E-state index contributed by atoms with van der Waals surface area (Å²) in [5.74, 6) is 1.02. The quantitative estimate of drug-likeness (QED) is 0.294. The lowest BCUT2D eigenvalue weighted by Crippen LogP contribution is -2.47. The largest absolute Gasteiger partial charge is 0.497 e. The first-order chi connectivity index (χ1) is 21.7. The summed E-state index contributed by atoms with van der Waals surface area (Å²) < 4.78 is 53.4. The second-order valence-corrected chi connectivity index (χ2v) is 14.3. The minimum Gasteiger partial charge on any atom is -0.497 e. The van der Waals surface area contributed by atoms with Gasteiger partial charge in [-0.3, -0.25) is 4.79 Å². The van der Waals surface area contributed by atoms with Crippen molar-refractivity contribution in [3.8, 4) is 5.75 Å². The van der Waals surface area contributed by atoms with Crippen molar-refractivity contribution in [2.75, 3.05) is 41.0 Å². The molecule has 1 aliphatic carbocycles. The van der Waals surface area contributed by atoms with Gasteiger partial charge in [-0.1, -0.05) is 36.4 Å². The summed E-state index contributed by atoms with van der Waals surface area (Å²) in [5, 5.41) is 3.03. The molecule has 1 saturated carbocycles. The van der Waals surface area contributed by atoms with Crippen LogP contribution in [0.25, 0.3) is 0 Å². The van der Waals surface area contributed by atoms with Crippen LogP contribution in [0, 0.1) is 17.7 Å². The summed E-state index contributed by atoms with van der Waals surface area (Å²) in [6.07, 6.45) is 4.61. The van der Waals surface area contributed by atoms with Crippen LogP contribution in [0.1, 0.15) is 48.4 Å². The number of benzene rings is 3. The Kier molecular flexibility index (Phi) is 10.9. The van der Waals surface area contributed by atoms with Gasteiger partial charge in [-0.2, -0.15) is 4.31 Å². The van der Waals surface area contributed by atoms with Crippen LogP contribution in [-0.2, 0) is 32.5 Å². The third-order valence-electron chi connectivity index (χ3n) is 9.21. The van der Waals surface area contributed by atoms with E-state index in [1.165, 1.54) is 23.5 Å². The van der Waals surface area contributed by atoms with Crippen molar-refractivity contribution in [3.63, 3.8) is 0 Å². The zero-order valence-corrected chi connectivity index (χ0v) is 27.1. The van der Waals surface area contributed by atoms with E-state index in [4.69, 9.17) is 9.47 Å². The van der Waals surface area contributed by atoms with Crippen LogP contribution < -0.4 is 10.1 Å². The summed E-state index contributed by atoms with van der Waals surface area (Å²) in [6, 6.07) is 20.8. The number of sulfonamides is 1. The molecule has 45 heavy (non-hydrogen) atoms. The molecule has 8 nitrogen and oxygen atoms in total. The van der Waals surface area contributed by atoms with Crippen molar-refractivity contribution in [2.24, 2.45) is 11.8 Å². The number of amides is 1. The predicted molar refractivity (Wildman–Crippen MR) is 172 cm³/mol. The van der Waals surface area contributed by atoms with Crippen LogP contribution in [0.2, 0.25) is 0 Å². The van der Waals surface area contributed by atoms with Crippen molar-refractivity contribution in [1.82, 2.24) is 14.5 Å². The van der Waals surface area contributed by atoms with Gasteiger partial charge in [0, 0.05) is 19.1 Å². The number of carbonyl (C=O) groups excluding carboxylic acids is 1. The van der Waals surface area contributed by atoms with Gasteiger partial charge in [0.05, 0.1) is 24.7 Å². The number of nitrogens with zero attached hydrogens (tertiary/aromatic N) is 2. The number of ether oxygens (including phenoxy) is 2. The molecule has 3 aromatic rings. The molecule has 0 radical (unpaired) electrons. The molecule has 1 heterocycles. The molecule has 3 aromatic carbocycles. The first-order valence-electron chi connectivity index (χ1n) is 15.6. The molecule has 1 N–H and O–H groups in total. The van der Waals surface area contributed by atoms with Crippen LogP contribution in [-0.4, -0.2) is 70.5 Å². The number of carbonyl (C=O) groups is 1. The van der Waals surface area contributed by atoms with Gasteiger partial charge in [0.25, 0.3) is 0 Å². The molecule has 1 amide bonds. The summed E-state index contributed by atoms with van der Waals surface area (Å²) >= 11 is 0. The lowest BCUT2D eigenvalue weighted by Gasteiger charge is -2.37. The van der Waals surface area contributed by atoms with Crippen LogP contribution in [0.3, 0.4) is 0 Å². The second kappa shape index (κ2) is 14.9. The third-order valence-corrected chi connectivity index (χ3v) is 11.1. The van der Waals surface area contributed by atoms with E-state index in [2.05, 4.69) is 24.3 Å². The molecule has 1 aliphatic heterocycles. The summed E-state index contributed by atoms with van der Waals surface area (Å²) in [6.45, 7) is 0.810. The average Bonchev–Trinajstić information content (AvgIpc) is 3.05. The molecular formula is C35H44FN3O5S. The van der Waals surface area contributed by atoms with Gasteiger partial charge in [0.15, 0.2) is 0 Å². The number of rotatable bonds is 12. The van der Waals surface area contributed by atoms with Gasteiger partial charge >= 0.3 is 0 Å². The van der Waals surface area contributed by atoms with E-state index in [9.17, 15) is 17.6 Å². The number of fused-ring (bicyclic) bond motifs is 1. The third kappa shape index (κ3) is 8.10. The Morgan fingerprint density at radius 1 is 0.978 bits per heavy atom. The topological polar surface area (TPSA) is 88.2 Å². The number of halogens is 1. The number of methoxy groups -OCH3 is 1. The molecule has 2 atom stereocenters. The minimum atomic E-state index is -3.81. The van der Waals surface area contributed by atoms with Crippen molar-refractivity contribution in [1.29, 1.82) is 0 Å². The van der Waals surface area contributed by atoms with Gasteiger partial charge in [-0.25, -0.2) is 12.8 Å². The highest BCUT2D eigenvalue weighted by atomic mass is 32.2. The van der Waals surface area contributed by atoms with E-state index in [1.807, 2.05) is 36.4 Å². The zero-order valence-electron chi connectivity index (χ0n) is 26.3. The lowest BCUT2D eigenvalue weighted by molar-refractivity contribution is -0.126. The minimum absolute atomic E-state index is 0.109. The average molecular weight is 638 g/mol. The molecule has 2 unspecified atom stereocenters. The van der Waals surface area contributed by atoms with Crippen molar-refractivity contribution in [3.05, 3.63) is 95.3 Å². The Labute approximate surface area is 266 Å². The summed E-state index contributed by atoms with van der Waals surface area (Å²) in [5.41, 5.74) is 3.18. The fourth-order valence-electron chi connectivity index (χ4n) is 6.83. The smallest absolute Gasteiger partial charge is 0.246 e. The van der Waals surface area contributed by atoms with Crippen molar-refractivity contribution in [2.45, 2.75) is 55.6 Å². The highest BCUT2D eigenvalue weighted by molar-refractivity contribution is 7.89. The summed E-state index contributed by atoms with van der Waals surface area (Å²) in [7, 11) is 1.87. The number of nitrogens with one attached hydrogen (secondary N) is 1.